The van der Waals surface area contributed by atoms with Crippen LogP contribution in [0.25, 0.3) is 27.6 Å². The summed E-state index contributed by atoms with van der Waals surface area (Å²) in [5.41, 5.74) is 10.4. The van der Waals surface area contributed by atoms with Crippen molar-refractivity contribution in [1.29, 1.82) is 0 Å². The van der Waals surface area contributed by atoms with Gasteiger partial charge in [-0.1, -0.05) is 146 Å². The van der Waals surface area contributed by atoms with Crippen LogP contribution in [-0.2, 0) is 10.8 Å². The number of ether oxygens (including phenoxy) is 1. The number of hydrogen-bond donors (Lipinski definition) is 0. The Kier molecular flexibility index (Phi) is 9.43. The second-order valence-corrected chi connectivity index (χ2v) is 17.9. The Morgan fingerprint density at radius 3 is 1.80 bits per heavy atom. The molecule has 0 atom stereocenters. The Balaban J connectivity index is 1.01. The maximum Gasteiger partial charge on any atom is 0.137 e. The second-order valence-electron chi connectivity index (χ2n) is 17.9. The van der Waals surface area contributed by atoms with Crippen LogP contribution in [0, 0.1) is 5.41 Å². The average molecular weight is 773 g/mol. The lowest BCUT2D eigenvalue weighted by molar-refractivity contribution is 0.483. The van der Waals surface area contributed by atoms with Crippen molar-refractivity contribution in [3.8, 4) is 17.3 Å². The van der Waals surface area contributed by atoms with Crippen molar-refractivity contribution in [2.75, 3.05) is 16.5 Å². The van der Waals surface area contributed by atoms with Crippen LogP contribution in [0.1, 0.15) is 70.7 Å². The van der Waals surface area contributed by atoms with E-state index in [9.17, 15) is 0 Å². The fourth-order valence-electron chi connectivity index (χ4n) is 8.61. The van der Waals surface area contributed by atoms with E-state index in [-0.39, 0.29) is 16.2 Å². The zero-order chi connectivity index (χ0) is 40.9. The van der Waals surface area contributed by atoms with E-state index in [1.807, 2.05) is 12.3 Å². The van der Waals surface area contributed by atoms with Crippen LogP contribution >= 0.6 is 0 Å². The molecule has 0 unspecified atom stereocenters. The Morgan fingerprint density at radius 1 is 0.492 bits per heavy atom. The summed E-state index contributed by atoms with van der Waals surface area (Å²) < 4.78 is 8.97. The first-order valence-corrected chi connectivity index (χ1v) is 20.6. The zero-order valence-corrected chi connectivity index (χ0v) is 35.1. The minimum absolute atomic E-state index is 0.0651. The number of benzene rings is 6. The highest BCUT2D eigenvalue weighted by Crippen LogP contribution is 2.41. The second kappa shape index (κ2) is 14.7. The molecule has 3 heterocycles. The number of fused-ring (bicyclic) bond motifs is 3. The maximum absolute atomic E-state index is 6.70. The molecule has 9 rings (SSSR count). The molecule has 5 heteroatoms. The van der Waals surface area contributed by atoms with Gasteiger partial charge in [0.2, 0.25) is 0 Å². The Labute approximate surface area is 348 Å². The fraction of sp³-hybridized carbons (Fsp3) is 0.204. The normalized spacial score (nSPS) is 13.6. The molecular weight excluding hydrogens is 721 g/mol. The molecule has 0 radical (unpaired) electrons. The molecule has 2 aromatic heterocycles. The van der Waals surface area contributed by atoms with Gasteiger partial charge in [-0.3, -0.25) is 4.57 Å². The van der Waals surface area contributed by atoms with Gasteiger partial charge in [-0.25, -0.2) is 4.98 Å². The molecule has 6 aromatic carbocycles. The number of aromatic nitrogens is 2. The molecule has 294 valence electrons. The van der Waals surface area contributed by atoms with Crippen LogP contribution in [0.15, 0.2) is 182 Å². The molecular formula is C54H52N4O. The van der Waals surface area contributed by atoms with Crippen molar-refractivity contribution in [2.45, 2.75) is 59.3 Å². The van der Waals surface area contributed by atoms with Gasteiger partial charge in [-0.05, 0) is 76.9 Å². The number of hydrogen-bond acceptors (Lipinski definition) is 4. The van der Waals surface area contributed by atoms with Gasteiger partial charge in [0.1, 0.15) is 17.3 Å². The quantitative estimate of drug-likeness (QED) is 0.146. The topological polar surface area (TPSA) is 33.5 Å². The minimum atomic E-state index is -0.198. The molecule has 59 heavy (non-hydrogen) atoms. The standard InChI is InChI=1S/C54H52N4O/c1-52(2,3)50-36-56(37-57(50)42-27-25-40(26-28-42)53(4,5)38-17-10-8-11-18-38)43-21-16-22-44(34-43)59-45-29-30-47-46-23-14-15-24-48(46)58(49(47)35-45)51-33-41(31-32-55-51)54(6,7)39-19-12-9-13-20-39/h8-36H,37H2,1-7H3. The van der Waals surface area contributed by atoms with Crippen LogP contribution in [0.3, 0.4) is 0 Å². The highest BCUT2D eigenvalue weighted by molar-refractivity contribution is 6.09. The van der Waals surface area contributed by atoms with Gasteiger partial charge >= 0.3 is 0 Å². The van der Waals surface area contributed by atoms with E-state index in [2.05, 4.69) is 227 Å². The van der Waals surface area contributed by atoms with Crippen LogP contribution in [0.2, 0.25) is 0 Å². The third-order valence-electron chi connectivity index (χ3n) is 12.2. The van der Waals surface area contributed by atoms with Crippen LogP contribution in [-0.4, -0.2) is 16.2 Å². The highest BCUT2D eigenvalue weighted by Gasteiger charge is 2.32. The number of nitrogens with zero attached hydrogens (tertiary/aromatic N) is 4. The van der Waals surface area contributed by atoms with Gasteiger partial charge in [-0.2, -0.15) is 0 Å². The van der Waals surface area contributed by atoms with Gasteiger partial charge < -0.3 is 14.5 Å². The predicted octanol–water partition coefficient (Wildman–Crippen LogP) is 13.8. The van der Waals surface area contributed by atoms with Crippen molar-refractivity contribution in [3.05, 3.63) is 204 Å². The average Bonchev–Trinajstić information content (AvgIpc) is 3.85. The third-order valence-corrected chi connectivity index (χ3v) is 12.2. The summed E-state index contributed by atoms with van der Waals surface area (Å²) in [6.45, 7) is 16.7. The summed E-state index contributed by atoms with van der Waals surface area (Å²) in [6.07, 6.45) is 4.23. The summed E-state index contributed by atoms with van der Waals surface area (Å²) in [6, 6.07) is 58.3. The number of rotatable bonds is 9. The lowest BCUT2D eigenvalue weighted by Gasteiger charge is -2.32. The first-order valence-electron chi connectivity index (χ1n) is 20.6. The highest BCUT2D eigenvalue weighted by atomic mass is 16.5. The molecule has 0 saturated carbocycles. The van der Waals surface area contributed by atoms with E-state index >= 15 is 0 Å². The van der Waals surface area contributed by atoms with Gasteiger partial charge in [0.05, 0.1) is 17.7 Å². The van der Waals surface area contributed by atoms with E-state index in [1.165, 1.54) is 39.0 Å². The molecule has 8 aromatic rings. The smallest absolute Gasteiger partial charge is 0.137 e. The number of para-hydroxylation sites is 1. The monoisotopic (exact) mass is 772 g/mol. The van der Waals surface area contributed by atoms with Gasteiger partial charge in [0.15, 0.2) is 0 Å². The van der Waals surface area contributed by atoms with E-state index < -0.39 is 0 Å². The molecule has 0 bridgehead atoms. The summed E-state index contributed by atoms with van der Waals surface area (Å²) in [5, 5.41) is 2.34. The molecule has 0 spiro atoms. The molecule has 0 amide bonds. The van der Waals surface area contributed by atoms with Gasteiger partial charge in [-0.15, -0.1) is 0 Å². The lowest BCUT2D eigenvalue weighted by atomic mass is 9.78. The first-order chi connectivity index (χ1) is 28.4. The van der Waals surface area contributed by atoms with E-state index in [1.54, 1.807) is 0 Å². The molecule has 5 nitrogen and oxygen atoms in total. The molecule has 0 fully saturated rings. The Morgan fingerprint density at radius 2 is 1.10 bits per heavy atom. The summed E-state index contributed by atoms with van der Waals surface area (Å²) in [5.74, 6) is 2.43. The Bertz CT molecular complexity index is 2810. The first kappa shape index (κ1) is 38.0. The minimum Gasteiger partial charge on any atom is -0.457 e. The molecule has 0 aliphatic carbocycles. The molecule has 1 aliphatic rings. The van der Waals surface area contributed by atoms with Crippen LogP contribution < -0.4 is 14.5 Å². The maximum atomic E-state index is 6.70. The number of pyridine rings is 1. The van der Waals surface area contributed by atoms with E-state index in [0.717, 1.165) is 39.4 Å². The van der Waals surface area contributed by atoms with Gasteiger partial charge in [0.25, 0.3) is 0 Å². The molecule has 0 saturated heterocycles. The van der Waals surface area contributed by atoms with Crippen molar-refractivity contribution < 1.29 is 4.74 Å². The molecule has 1 aliphatic heterocycles. The molecule has 0 N–H and O–H groups in total. The van der Waals surface area contributed by atoms with Crippen molar-refractivity contribution in [2.24, 2.45) is 5.41 Å². The predicted molar refractivity (Wildman–Crippen MR) is 246 cm³/mol. The zero-order valence-electron chi connectivity index (χ0n) is 35.1. The summed E-state index contributed by atoms with van der Waals surface area (Å²) >= 11 is 0. The van der Waals surface area contributed by atoms with Crippen LogP contribution in [0.5, 0.6) is 11.5 Å². The summed E-state index contributed by atoms with van der Waals surface area (Å²) in [7, 11) is 0. The van der Waals surface area contributed by atoms with E-state index in [4.69, 9.17) is 9.72 Å². The largest absolute Gasteiger partial charge is 0.457 e. The van der Waals surface area contributed by atoms with Crippen molar-refractivity contribution in [1.82, 2.24) is 9.55 Å². The Hall–Kier alpha value is -6.59. The number of anilines is 2. The van der Waals surface area contributed by atoms with Gasteiger partial charge in [0, 0.05) is 68.6 Å². The van der Waals surface area contributed by atoms with Crippen molar-refractivity contribution >= 4 is 33.2 Å². The third kappa shape index (κ3) is 7.05. The SMILES string of the molecule is CC(C)(C)C1=CN(c2cccc(Oc3ccc4c5ccccc5n(-c5cc(C(C)(C)c6ccccc6)ccn5)c4c3)c2)CN1c1ccc(C(C)(C)c2ccccc2)cc1. The van der Waals surface area contributed by atoms with Crippen molar-refractivity contribution in [3.63, 3.8) is 0 Å². The van der Waals surface area contributed by atoms with E-state index in [0.29, 0.717) is 6.67 Å². The van der Waals surface area contributed by atoms with Crippen LogP contribution in [0.4, 0.5) is 11.4 Å². The summed E-state index contributed by atoms with van der Waals surface area (Å²) in [4.78, 5) is 9.70. The lowest BCUT2D eigenvalue weighted by Crippen LogP contribution is -2.30. The number of allylic oxidation sites excluding steroid dienone is 1. The fourth-order valence-corrected chi connectivity index (χ4v) is 8.61.